The highest BCUT2D eigenvalue weighted by Gasteiger charge is 2.04. The van der Waals surface area contributed by atoms with Crippen LogP contribution in [0.15, 0.2) is 4.99 Å². The summed E-state index contributed by atoms with van der Waals surface area (Å²) in [5, 5.41) is 6.37. The topological polar surface area (TPSA) is 91.8 Å². The Kier molecular flexibility index (Phi) is 13.1. The Morgan fingerprint density at radius 2 is 1.87 bits per heavy atom. The molecule has 3 N–H and O–H groups in total. The average Bonchev–Trinajstić information content (AvgIpc) is 2.49. The van der Waals surface area contributed by atoms with Crippen molar-refractivity contribution >= 4 is 16.0 Å². The molecule has 0 rings (SSSR count). The molecule has 0 aliphatic rings. The van der Waals surface area contributed by atoms with Crippen LogP contribution in [-0.2, 0) is 14.8 Å². The fourth-order valence-corrected chi connectivity index (χ4v) is 2.30. The van der Waals surface area contributed by atoms with E-state index in [4.69, 9.17) is 4.74 Å². The summed E-state index contributed by atoms with van der Waals surface area (Å²) >= 11 is 0. The van der Waals surface area contributed by atoms with E-state index in [1.807, 2.05) is 6.92 Å². The molecule has 0 radical (unpaired) electrons. The van der Waals surface area contributed by atoms with Crippen LogP contribution in [0.25, 0.3) is 0 Å². The molecule has 0 amide bonds. The van der Waals surface area contributed by atoms with Crippen molar-refractivity contribution in [1.82, 2.24) is 15.4 Å². The van der Waals surface area contributed by atoms with Gasteiger partial charge in [-0.15, -0.1) is 0 Å². The standard InChI is InChI=1S/C15H34N4O3S/c1-5-16-15(18-10-8-12-22-13-14(3)4)17-9-7-11-19-23(20,21)6-2/h14,19H,5-13H2,1-4H3,(H2,16,17,18). The Hall–Kier alpha value is -0.860. The molecule has 0 heterocycles. The van der Waals surface area contributed by atoms with Crippen molar-refractivity contribution in [3.63, 3.8) is 0 Å². The minimum atomic E-state index is -3.10. The first-order chi connectivity index (χ1) is 10.9. The maximum atomic E-state index is 11.3. The summed E-state index contributed by atoms with van der Waals surface area (Å²) in [4.78, 5) is 4.47. The highest BCUT2D eigenvalue weighted by molar-refractivity contribution is 7.89. The van der Waals surface area contributed by atoms with E-state index >= 15 is 0 Å². The van der Waals surface area contributed by atoms with E-state index in [1.54, 1.807) is 6.92 Å². The lowest BCUT2D eigenvalue weighted by molar-refractivity contribution is 0.109. The smallest absolute Gasteiger partial charge is 0.211 e. The molecule has 0 bridgehead atoms. The van der Waals surface area contributed by atoms with Gasteiger partial charge in [0.15, 0.2) is 5.96 Å². The van der Waals surface area contributed by atoms with E-state index in [0.29, 0.717) is 32.0 Å². The van der Waals surface area contributed by atoms with Crippen LogP contribution < -0.4 is 15.4 Å². The number of hydrogen-bond acceptors (Lipinski definition) is 4. The van der Waals surface area contributed by atoms with Gasteiger partial charge in [-0.3, -0.25) is 4.99 Å². The van der Waals surface area contributed by atoms with Gasteiger partial charge in [-0.25, -0.2) is 13.1 Å². The fourth-order valence-electron chi connectivity index (χ4n) is 1.64. The summed E-state index contributed by atoms with van der Waals surface area (Å²) in [6.07, 6.45) is 1.60. The third-order valence-corrected chi connectivity index (χ3v) is 4.26. The summed E-state index contributed by atoms with van der Waals surface area (Å²) < 4.78 is 30.6. The van der Waals surface area contributed by atoms with Crippen molar-refractivity contribution in [2.45, 2.75) is 40.5 Å². The molecule has 0 aliphatic carbocycles. The third-order valence-electron chi connectivity index (χ3n) is 2.86. The summed E-state index contributed by atoms with van der Waals surface area (Å²) in [5.41, 5.74) is 0. The van der Waals surface area contributed by atoms with Crippen LogP contribution in [0.1, 0.15) is 40.5 Å². The van der Waals surface area contributed by atoms with Gasteiger partial charge in [0, 0.05) is 39.4 Å². The van der Waals surface area contributed by atoms with Gasteiger partial charge in [0.1, 0.15) is 0 Å². The van der Waals surface area contributed by atoms with Crippen LogP contribution in [0.2, 0.25) is 0 Å². The van der Waals surface area contributed by atoms with Crippen molar-refractivity contribution in [1.29, 1.82) is 0 Å². The number of guanidine groups is 1. The van der Waals surface area contributed by atoms with Gasteiger partial charge < -0.3 is 15.4 Å². The Balaban J connectivity index is 3.86. The highest BCUT2D eigenvalue weighted by Crippen LogP contribution is 1.93. The maximum Gasteiger partial charge on any atom is 0.211 e. The third kappa shape index (κ3) is 14.5. The van der Waals surface area contributed by atoms with Gasteiger partial charge in [0.25, 0.3) is 0 Å². The number of nitrogens with zero attached hydrogens (tertiary/aromatic N) is 1. The fraction of sp³-hybridized carbons (Fsp3) is 0.933. The van der Waals surface area contributed by atoms with E-state index in [2.05, 4.69) is 34.2 Å². The summed E-state index contributed by atoms with van der Waals surface area (Å²) in [6.45, 7) is 12.0. The Labute approximate surface area is 141 Å². The Morgan fingerprint density at radius 3 is 2.48 bits per heavy atom. The number of nitrogens with one attached hydrogen (secondary N) is 3. The lowest BCUT2D eigenvalue weighted by atomic mass is 10.2. The van der Waals surface area contributed by atoms with Crippen LogP contribution >= 0.6 is 0 Å². The molecule has 23 heavy (non-hydrogen) atoms. The molecule has 138 valence electrons. The maximum absolute atomic E-state index is 11.3. The van der Waals surface area contributed by atoms with E-state index in [0.717, 1.165) is 32.1 Å². The van der Waals surface area contributed by atoms with Gasteiger partial charge in [-0.1, -0.05) is 13.8 Å². The largest absolute Gasteiger partial charge is 0.381 e. The zero-order chi connectivity index (χ0) is 17.6. The van der Waals surface area contributed by atoms with Crippen molar-refractivity contribution in [3.05, 3.63) is 0 Å². The minimum absolute atomic E-state index is 0.114. The zero-order valence-electron chi connectivity index (χ0n) is 15.0. The molecule has 0 fully saturated rings. The summed E-state index contributed by atoms with van der Waals surface area (Å²) in [5.74, 6) is 1.43. The zero-order valence-corrected chi connectivity index (χ0v) is 15.8. The average molecular weight is 351 g/mol. The lowest BCUT2D eigenvalue weighted by Gasteiger charge is -2.11. The molecule has 8 heteroatoms. The van der Waals surface area contributed by atoms with Gasteiger partial charge in [0.2, 0.25) is 10.0 Å². The van der Waals surface area contributed by atoms with E-state index in [9.17, 15) is 8.42 Å². The second-order valence-corrected chi connectivity index (χ2v) is 7.76. The molecule has 0 saturated heterocycles. The van der Waals surface area contributed by atoms with Crippen LogP contribution in [0.5, 0.6) is 0 Å². The molecule has 0 aromatic rings. The Morgan fingerprint density at radius 1 is 1.13 bits per heavy atom. The first-order valence-corrected chi connectivity index (χ1v) is 10.1. The van der Waals surface area contributed by atoms with Gasteiger partial charge in [-0.05, 0) is 32.6 Å². The molecule has 0 aliphatic heterocycles. The molecule has 0 atom stereocenters. The first-order valence-electron chi connectivity index (χ1n) is 8.48. The number of rotatable bonds is 13. The van der Waals surface area contributed by atoms with Crippen molar-refractivity contribution in [2.24, 2.45) is 10.9 Å². The quantitative estimate of drug-likeness (QED) is 0.261. The molecule has 0 aromatic heterocycles. The molecular weight excluding hydrogens is 316 g/mol. The van der Waals surface area contributed by atoms with Gasteiger partial charge in [-0.2, -0.15) is 0 Å². The predicted octanol–water partition coefficient (Wildman–Crippen LogP) is 0.934. The molecule has 0 aromatic carbocycles. The number of sulfonamides is 1. The first kappa shape index (κ1) is 22.1. The highest BCUT2D eigenvalue weighted by atomic mass is 32.2. The van der Waals surface area contributed by atoms with Crippen molar-refractivity contribution in [3.8, 4) is 0 Å². The molecule has 0 saturated carbocycles. The lowest BCUT2D eigenvalue weighted by Crippen LogP contribution is -2.39. The van der Waals surface area contributed by atoms with Crippen LogP contribution in [0.3, 0.4) is 0 Å². The number of aliphatic imine (C=N–C) groups is 1. The van der Waals surface area contributed by atoms with Gasteiger partial charge in [0.05, 0.1) is 5.75 Å². The normalized spacial score (nSPS) is 12.7. The molecule has 0 unspecified atom stereocenters. The van der Waals surface area contributed by atoms with E-state index in [1.165, 1.54) is 0 Å². The van der Waals surface area contributed by atoms with Gasteiger partial charge >= 0.3 is 0 Å². The summed E-state index contributed by atoms with van der Waals surface area (Å²) in [7, 11) is -3.10. The SMILES string of the molecule is CCNC(=NCCCOCC(C)C)NCCCNS(=O)(=O)CC. The minimum Gasteiger partial charge on any atom is -0.381 e. The number of ether oxygens (including phenoxy) is 1. The second kappa shape index (κ2) is 13.6. The van der Waals surface area contributed by atoms with Crippen LogP contribution in [0.4, 0.5) is 0 Å². The van der Waals surface area contributed by atoms with E-state index in [-0.39, 0.29) is 5.75 Å². The van der Waals surface area contributed by atoms with Crippen molar-refractivity contribution in [2.75, 3.05) is 45.1 Å². The van der Waals surface area contributed by atoms with Crippen LogP contribution in [0, 0.1) is 5.92 Å². The monoisotopic (exact) mass is 350 g/mol. The molecular formula is C15H34N4O3S. The number of hydrogen-bond donors (Lipinski definition) is 3. The van der Waals surface area contributed by atoms with E-state index < -0.39 is 10.0 Å². The second-order valence-electron chi connectivity index (χ2n) is 5.66. The summed E-state index contributed by atoms with van der Waals surface area (Å²) in [6, 6.07) is 0. The Bertz CT molecular complexity index is 411. The van der Waals surface area contributed by atoms with Crippen molar-refractivity contribution < 1.29 is 13.2 Å². The predicted molar refractivity (Wildman–Crippen MR) is 96.3 cm³/mol. The molecule has 7 nitrogen and oxygen atoms in total. The molecule has 0 spiro atoms. The van der Waals surface area contributed by atoms with Crippen LogP contribution in [-0.4, -0.2) is 59.5 Å².